The molecule has 3 rings (SSSR count). The molecule has 0 bridgehead atoms. The fraction of sp³-hybridized carbons (Fsp3) is 0.263. The van der Waals surface area contributed by atoms with Crippen molar-refractivity contribution in [2.45, 2.75) is 17.7 Å². The van der Waals surface area contributed by atoms with E-state index >= 15 is 0 Å². The maximum absolute atomic E-state index is 13.7. The van der Waals surface area contributed by atoms with Crippen molar-refractivity contribution in [1.82, 2.24) is 0 Å². The summed E-state index contributed by atoms with van der Waals surface area (Å²) in [6, 6.07) is 15.8. The molecule has 0 aromatic heterocycles. The van der Waals surface area contributed by atoms with Crippen molar-refractivity contribution in [3.05, 3.63) is 66.2 Å². The van der Waals surface area contributed by atoms with Gasteiger partial charge in [0.2, 0.25) is 11.5 Å². The Hall–Kier alpha value is -3.21. The minimum absolute atomic E-state index is 0.163. The molecule has 1 N–H and O–H groups in total. The van der Waals surface area contributed by atoms with Crippen molar-refractivity contribution in [1.29, 1.82) is 0 Å². The standard InChI is InChI=1S/C19H15F5N4O2/c20-11-18(21,22)19(23,24)30-12-17(13-7-3-1-4-8-13)26-15(27-28-17)16(29)25-14-9-5-2-6-10-14/h1-10H,11-12H2,(H,25,29). The summed E-state index contributed by atoms with van der Waals surface area (Å²) in [6.45, 7) is -3.82. The number of alkyl halides is 5. The van der Waals surface area contributed by atoms with Crippen molar-refractivity contribution in [2.75, 3.05) is 18.6 Å². The second-order valence-electron chi connectivity index (χ2n) is 6.28. The molecule has 2 aromatic rings. The van der Waals surface area contributed by atoms with Crippen LogP contribution in [0.25, 0.3) is 0 Å². The molecule has 1 aliphatic heterocycles. The number of halogens is 5. The lowest BCUT2D eigenvalue weighted by Gasteiger charge is -2.28. The summed E-state index contributed by atoms with van der Waals surface area (Å²) in [4.78, 5) is 16.4. The lowest BCUT2D eigenvalue weighted by atomic mass is 10.0. The lowest BCUT2D eigenvalue weighted by Crippen LogP contribution is -2.46. The second kappa shape index (κ2) is 8.27. The van der Waals surface area contributed by atoms with Crippen LogP contribution in [0.2, 0.25) is 0 Å². The van der Waals surface area contributed by atoms with Crippen molar-refractivity contribution < 1.29 is 31.5 Å². The summed E-state index contributed by atoms with van der Waals surface area (Å²) in [7, 11) is 0. The SMILES string of the molecule is O=C(Nc1ccccc1)C1=NC(COC(F)(F)C(F)(F)CF)(c2ccccc2)N=N1. The van der Waals surface area contributed by atoms with Gasteiger partial charge in [0.15, 0.2) is 6.67 Å². The third-order valence-corrected chi connectivity index (χ3v) is 4.12. The highest BCUT2D eigenvalue weighted by molar-refractivity contribution is 6.42. The van der Waals surface area contributed by atoms with Crippen LogP contribution >= 0.6 is 0 Å². The van der Waals surface area contributed by atoms with Crippen molar-refractivity contribution in [2.24, 2.45) is 15.2 Å². The molecule has 1 atom stereocenters. The van der Waals surface area contributed by atoms with E-state index in [0.29, 0.717) is 5.69 Å². The molecule has 0 aliphatic carbocycles. The lowest BCUT2D eigenvalue weighted by molar-refractivity contribution is -0.353. The Bertz CT molecular complexity index is 954. The number of anilines is 1. The van der Waals surface area contributed by atoms with E-state index in [1.165, 1.54) is 24.3 Å². The number of rotatable bonds is 8. The fourth-order valence-electron chi connectivity index (χ4n) is 2.50. The molecule has 0 saturated heterocycles. The molecule has 0 fully saturated rings. The Morgan fingerprint density at radius 3 is 2.20 bits per heavy atom. The van der Waals surface area contributed by atoms with Gasteiger partial charge in [-0.05, 0) is 12.1 Å². The van der Waals surface area contributed by atoms with Gasteiger partial charge in [0, 0.05) is 11.3 Å². The molecule has 6 nitrogen and oxygen atoms in total. The number of ether oxygens (including phenoxy) is 1. The normalized spacial score (nSPS) is 18.9. The number of azo groups is 1. The molecule has 1 aliphatic rings. The van der Waals surface area contributed by atoms with E-state index in [1.54, 1.807) is 36.4 Å². The number of carbonyl (C=O) groups is 1. The number of nitrogens with one attached hydrogen (secondary N) is 1. The van der Waals surface area contributed by atoms with E-state index in [2.05, 4.69) is 25.3 Å². The predicted octanol–water partition coefficient (Wildman–Crippen LogP) is 4.56. The minimum Gasteiger partial charge on any atom is -0.319 e. The zero-order valence-corrected chi connectivity index (χ0v) is 15.2. The van der Waals surface area contributed by atoms with E-state index in [-0.39, 0.29) is 5.56 Å². The summed E-state index contributed by atoms with van der Waals surface area (Å²) in [6.07, 6.45) is -5.12. The van der Waals surface area contributed by atoms with Crippen LogP contribution in [0.15, 0.2) is 75.9 Å². The smallest absolute Gasteiger partial charge is 0.319 e. The number of carbonyl (C=O) groups excluding carboxylic acids is 1. The molecule has 158 valence electrons. The number of amidine groups is 1. The second-order valence-corrected chi connectivity index (χ2v) is 6.28. The van der Waals surface area contributed by atoms with Gasteiger partial charge in [0.05, 0.1) is 0 Å². The van der Waals surface area contributed by atoms with Gasteiger partial charge in [0.1, 0.15) is 6.61 Å². The van der Waals surface area contributed by atoms with Crippen LogP contribution in [0.5, 0.6) is 0 Å². The van der Waals surface area contributed by atoms with Crippen LogP contribution in [0.3, 0.4) is 0 Å². The van der Waals surface area contributed by atoms with E-state index in [1.807, 2.05) is 0 Å². The van der Waals surface area contributed by atoms with E-state index in [0.717, 1.165) is 0 Å². The number of hydrogen-bond donors (Lipinski definition) is 1. The number of hydrogen-bond acceptors (Lipinski definition) is 5. The third-order valence-electron chi connectivity index (χ3n) is 4.12. The van der Waals surface area contributed by atoms with Gasteiger partial charge in [-0.25, -0.2) is 9.38 Å². The van der Waals surface area contributed by atoms with Crippen LogP contribution < -0.4 is 5.32 Å². The summed E-state index contributed by atoms with van der Waals surface area (Å²) in [5.74, 6) is -6.30. The van der Waals surface area contributed by atoms with Crippen LogP contribution in [0.1, 0.15) is 5.56 Å². The average molecular weight is 426 g/mol. The van der Waals surface area contributed by atoms with Crippen LogP contribution in [0, 0.1) is 0 Å². The molecule has 11 heteroatoms. The molecule has 1 unspecified atom stereocenters. The molecule has 2 aromatic carbocycles. The molecule has 0 radical (unpaired) electrons. The molecule has 1 heterocycles. The maximum Gasteiger partial charge on any atom is 0.422 e. The summed E-state index contributed by atoms with van der Waals surface area (Å²) in [5.41, 5.74) is -1.43. The Kier molecular flexibility index (Phi) is 5.92. The van der Waals surface area contributed by atoms with Gasteiger partial charge in [-0.3, -0.25) is 4.79 Å². The van der Waals surface area contributed by atoms with Crippen molar-refractivity contribution >= 4 is 17.4 Å². The first kappa shape index (κ1) is 21.5. The molecule has 30 heavy (non-hydrogen) atoms. The summed E-state index contributed by atoms with van der Waals surface area (Å²) in [5, 5.41) is 9.87. The predicted molar refractivity (Wildman–Crippen MR) is 97.3 cm³/mol. The highest BCUT2D eigenvalue weighted by Crippen LogP contribution is 2.39. The van der Waals surface area contributed by atoms with Crippen LogP contribution in [-0.4, -0.2) is 37.1 Å². The first-order valence-electron chi connectivity index (χ1n) is 8.59. The zero-order valence-electron chi connectivity index (χ0n) is 15.2. The maximum atomic E-state index is 13.7. The molecular weight excluding hydrogens is 411 g/mol. The van der Waals surface area contributed by atoms with Crippen molar-refractivity contribution in [3.8, 4) is 0 Å². The van der Waals surface area contributed by atoms with Crippen LogP contribution in [0.4, 0.5) is 27.6 Å². The number of aliphatic imine (C=N–C) groups is 1. The third kappa shape index (κ3) is 4.35. The quantitative estimate of drug-likeness (QED) is 0.629. The Morgan fingerprint density at radius 2 is 1.60 bits per heavy atom. The number of amides is 1. The molecule has 1 amide bonds. The number of para-hydroxylation sites is 1. The van der Waals surface area contributed by atoms with Gasteiger partial charge in [-0.2, -0.15) is 17.6 Å². The van der Waals surface area contributed by atoms with Gasteiger partial charge in [-0.15, -0.1) is 10.2 Å². The van der Waals surface area contributed by atoms with Gasteiger partial charge < -0.3 is 10.1 Å². The number of nitrogens with zero attached hydrogens (tertiary/aromatic N) is 3. The monoisotopic (exact) mass is 426 g/mol. The largest absolute Gasteiger partial charge is 0.422 e. The highest BCUT2D eigenvalue weighted by Gasteiger charge is 2.59. The fourth-order valence-corrected chi connectivity index (χ4v) is 2.50. The average Bonchev–Trinajstić information content (AvgIpc) is 3.20. The van der Waals surface area contributed by atoms with E-state index in [4.69, 9.17) is 0 Å². The topological polar surface area (TPSA) is 75.4 Å². The minimum atomic E-state index is -5.12. The molecular formula is C19H15F5N4O2. The van der Waals surface area contributed by atoms with Gasteiger partial charge >= 0.3 is 12.0 Å². The highest BCUT2D eigenvalue weighted by atomic mass is 19.3. The molecule has 0 spiro atoms. The van der Waals surface area contributed by atoms with E-state index in [9.17, 15) is 26.7 Å². The van der Waals surface area contributed by atoms with E-state index < -0.39 is 42.7 Å². The molecule has 0 saturated carbocycles. The van der Waals surface area contributed by atoms with Crippen LogP contribution in [-0.2, 0) is 15.2 Å². The summed E-state index contributed by atoms with van der Waals surface area (Å²) < 4.78 is 70.1. The Balaban J connectivity index is 1.87. The number of benzene rings is 2. The summed E-state index contributed by atoms with van der Waals surface area (Å²) >= 11 is 0. The Labute approximate surface area is 167 Å². The van der Waals surface area contributed by atoms with Crippen molar-refractivity contribution in [3.63, 3.8) is 0 Å². The van der Waals surface area contributed by atoms with Gasteiger partial charge in [-0.1, -0.05) is 48.5 Å². The Morgan fingerprint density at radius 1 is 1.00 bits per heavy atom. The van der Waals surface area contributed by atoms with Gasteiger partial charge in [0.25, 0.3) is 5.91 Å². The zero-order chi connectivity index (χ0) is 21.8. The first-order valence-corrected chi connectivity index (χ1v) is 8.59. The first-order chi connectivity index (χ1) is 14.2.